The second-order valence-corrected chi connectivity index (χ2v) is 9.48. The standard InChI is InChI=1S/C19H24N2O5S/c1-3-21(15-7-8-27(25,26)11-15)19(24)17-10-16(17)18(23)20-14-6-4-5-13(9-14)12(2)22/h4-6,9,15-17H,3,7-8,10-11H2,1-2H3,(H,20,23). The van der Waals surface area contributed by atoms with E-state index in [0.717, 1.165) is 0 Å². The first-order valence-electron chi connectivity index (χ1n) is 9.14. The quantitative estimate of drug-likeness (QED) is 0.740. The molecule has 2 amide bonds. The number of ketones is 1. The van der Waals surface area contributed by atoms with E-state index in [0.29, 0.717) is 30.6 Å². The lowest BCUT2D eigenvalue weighted by molar-refractivity contribution is -0.135. The smallest absolute Gasteiger partial charge is 0.228 e. The maximum Gasteiger partial charge on any atom is 0.228 e. The van der Waals surface area contributed by atoms with Crippen LogP contribution in [0.4, 0.5) is 5.69 Å². The SMILES string of the molecule is CCN(C(=O)C1CC1C(=O)Nc1cccc(C(C)=O)c1)C1CCS(=O)(=O)C1. The number of rotatable bonds is 6. The van der Waals surface area contributed by atoms with E-state index in [2.05, 4.69) is 5.32 Å². The minimum Gasteiger partial charge on any atom is -0.339 e. The molecule has 2 fully saturated rings. The van der Waals surface area contributed by atoms with Crippen LogP contribution in [0.2, 0.25) is 0 Å². The van der Waals surface area contributed by atoms with Gasteiger partial charge in [0.2, 0.25) is 11.8 Å². The molecule has 0 spiro atoms. The molecule has 1 saturated heterocycles. The number of hydrogen-bond donors (Lipinski definition) is 1. The number of benzene rings is 1. The number of Topliss-reactive ketones (excluding diaryl/α,β-unsaturated/α-hetero) is 1. The van der Waals surface area contributed by atoms with Crippen molar-refractivity contribution in [1.29, 1.82) is 0 Å². The first-order valence-corrected chi connectivity index (χ1v) is 11.0. The van der Waals surface area contributed by atoms with Gasteiger partial charge in [-0.15, -0.1) is 0 Å². The van der Waals surface area contributed by atoms with Crippen molar-refractivity contribution >= 4 is 33.1 Å². The zero-order valence-corrected chi connectivity index (χ0v) is 16.3. The highest BCUT2D eigenvalue weighted by molar-refractivity contribution is 7.91. The number of nitrogens with zero attached hydrogens (tertiary/aromatic N) is 1. The number of amides is 2. The highest BCUT2D eigenvalue weighted by Crippen LogP contribution is 2.41. The van der Waals surface area contributed by atoms with E-state index in [1.165, 1.54) is 6.92 Å². The van der Waals surface area contributed by atoms with Crippen LogP contribution >= 0.6 is 0 Å². The summed E-state index contributed by atoms with van der Waals surface area (Å²) in [6.45, 7) is 3.72. The summed E-state index contributed by atoms with van der Waals surface area (Å²) in [6, 6.07) is 6.40. The lowest BCUT2D eigenvalue weighted by Crippen LogP contribution is -2.42. The number of nitrogens with one attached hydrogen (secondary N) is 1. The molecule has 1 aromatic carbocycles. The molecular weight excluding hydrogens is 368 g/mol. The molecule has 0 radical (unpaired) electrons. The molecule has 1 aromatic rings. The lowest BCUT2D eigenvalue weighted by Gasteiger charge is -2.27. The minimum atomic E-state index is -3.07. The number of sulfone groups is 1. The Labute approximate surface area is 159 Å². The Morgan fingerprint density at radius 1 is 1.22 bits per heavy atom. The molecule has 3 rings (SSSR count). The van der Waals surface area contributed by atoms with E-state index < -0.39 is 21.7 Å². The summed E-state index contributed by atoms with van der Waals surface area (Å²) in [5, 5.41) is 2.77. The van der Waals surface area contributed by atoms with Crippen LogP contribution < -0.4 is 5.32 Å². The van der Waals surface area contributed by atoms with Gasteiger partial charge in [0, 0.05) is 23.8 Å². The lowest BCUT2D eigenvalue weighted by atomic mass is 10.1. The second-order valence-electron chi connectivity index (χ2n) is 7.26. The minimum absolute atomic E-state index is 0.00794. The van der Waals surface area contributed by atoms with E-state index >= 15 is 0 Å². The average molecular weight is 392 g/mol. The van der Waals surface area contributed by atoms with Crippen LogP contribution in [-0.2, 0) is 19.4 Å². The largest absolute Gasteiger partial charge is 0.339 e. The van der Waals surface area contributed by atoms with Gasteiger partial charge < -0.3 is 10.2 Å². The molecule has 0 bridgehead atoms. The van der Waals surface area contributed by atoms with Gasteiger partial charge in [-0.2, -0.15) is 0 Å². The van der Waals surface area contributed by atoms with Gasteiger partial charge in [-0.3, -0.25) is 14.4 Å². The van der Waals surface area contributed by atoms with Crippen molar-refractivity contribution in [2.24, 2.45) is 11.8 Å². The summed E-state index contributed by atoms with van der Waals surface area (Å²) >= 11 is 0. The summed E-state index contributed by atoms with van der Waals surface area (Å²) in [7, 11) is -3.07. The summed E-state index contributed by atoms with van der Waals surface area (Å²) in [5.41, 5.74) is 1.04. The average Bonchev–Trinajstić information content (AvgIpc) is 3.34. The monoisotopic (exact) mass is 392 g/mol. The molecule has 3 unspecified atom stereocenters. The van der Waals surface area contributed by atoms with E-state index in [1.807, 2.05) is 6.92 Å². The van der Waals surface area contributed by atoms with Gasteiger partial charge in [0.25, 0.3) is 0 Å². The molecule has 1 aliphatic heterocycles. The zero-order chi connectivity index (χ0) is 19.8. The number of anilines is 1. The van der Waals surface area contributed by atoms with Gasteiger partial charge in [-0.05, 0) is 38.8 Å². The van der Waals surface area contributed by atoms with Crippen LogP contribution in [0, 0.1) is 11.8 Å². The summed E-state index contributed by atoms with van der Waals surface area (Å²) in [5.74, 6) is -1.16. The van der Waals surface area contributed by atoms with Crippen molar-refractivity contribution in [2.75, 3.05) is 23.4 Å². The fourth-order valence-corrected chi connectivity index (χ4v) is 5.37. The van der Waals surface area contributed by atoms with Gasteiger partial charge in [0.1, 0.15) is 0 Å². The van der Waals surface area contributed by atoms with Crippen LogP contribution in [0.25, 0.3) is 0 Å². The van der Waals surface area contributed by atoms with Crippen LogP contribution in [0.15, 0.2) is 24.3 Å². The highest BCUT2D eigenvalue weighted by atomic mass is 32.2. The van der Waals surface area contributed by atoms with Gasteiger partial charge in [-0.1, -0.05) is 12.1 Å². The summed E-state index contributed by atoms with van der Waals surface area (Å²) < 4.78 is 23.4. The van der Waals surface area contributed by atoms with Crippen LogP contribution in [-0.4, -0.2) is 55.0 Å². The molecule has 146 valence electrons. The second kappa shape index (κ2) is 7.42. The fourth-order valence-electron chi connectivity index (χ4n) is 3.64. The highest BCUT2D eigenvalue weighted by Gasteiger charge is 2.50. The van der Waals surface area contributed by atoms with Gasteiger partial charge in [0.05, 0.1) is 23.3 Å². The third-order valence-electron chi connectivity index (χ3n) is 5.25. The third-order valence-corrected chi connectivity index (χ3v) is 7.00. The van der Waals surface area contributed by atoms with Crippen molar-refractivity contribution in [3.63, 3.8) is 0 Å². The van der Waals surface area contributed by atoms with Gasteiger partial charge in [0.15, 0.2) is 15.6 Å². The van der Waals surface area contributed by atoms with Crippen LogP contribution in [0.1, 0.15) is 37.0 Å². The van der Waals surface area contributed by atoms with Crippen molar-refractivity contribution in [1.82, 2.24) is 4.90 Å². The predicted octanol–water partition coefficient (Wildman–Crippen LogP) is 1.50. The molecule has 2 aliphatic rings. The molecule has 7 nitrogen and oxygen atoms in total. The Morgan fingerprint density at radius 3 is 2.56 bits per heavy atom. The normalized spacial score (nSPS) is 25.6. The Hall–Kier alpha value is -2.22. The van der Waals surface area contributed by atoms with E-state index in [9.17, 15) is 22.8 Å². The van der Waals surface area contributed by atoms with E-state index in [-0.39, 0.29) is 35.1 Å². The van der Waals surface area contributed by atoms with Crippen molar-refractivity contribution in [3.05, 3.63) is 29.8 Å². The molecule has 27 heavy (non-hydrogen) atoms. The number of carbonyl (C=O) groups excluding carboxylic acids is 3. The Bertz CT molecular complexity index is 880. The molecule has 0 aromatic heterocycles. The van der Waals surface area contributed by atoms with Crippen LogP contribution in [0.5, 0.6) is 0 Å². The molecule has 3 atom stereocenters. The zero-order valence-electron chi connectivity index (χ0n) is 15.5. The maximum atomic E-state index is 12.8. The Balaban J connectivity index is 1.61. The fraction of sp³-hybridized carbons (Fsp3) is 0.526. The molecular formula is C19H24N2O5S. The molecule has 1 heterocycles. The number of carbonyl (C=O) groups is 3. The molecule has 1 saturated carbocycles. The molecule has 1 N–H and O–H groups in total. The summed E-state index contributed by atoms with van der Waals surface area (Å²) in [4.78, 5) is 38.3. The Morgan fingerprint density at radius 2 is 1.96 bits per heavy atom. The maximum absolute atomic E-state index is 12.8. The summed E-state index contributed by atoms with van der Waals surface area (Å²) in [6.07, 6.45) is 0.927. The molecule has 1 aliphatic carbocycles. The van der Waals surface area contributed by atoms with Gasteiger partial charge in [-0.25, -0.2) is 8.42 Å². The van der Waals surface area contributed by atoms with Crippen LogP contribution in [0.3, 0.4) is 0 Å². The molecule has 8 heteroatoms. The Kier molecular flexibility index (Phi) is 5.37. The first-order chi connectivity index (χ1) is 12.7. The third kappa shape index (κ3) is 4.37. The van der Waals surface area contributed by atoms with Gasteiger partial charge >= 0.3 is 0 Å². The van der Waals surface area contributed by atoms with E-state index in [4.69, 9.17) is 0 Å². The van der Waals surface area contributed by atoms with E-state index in [1.54, 1.807) is 29.2 Å². The van der Waals surface area contributed by atoms with Crippen molar-refractivity contribution in [2.45, 2.75) is 32.7 Å². The topological polar surface area (TPSA) is 101 Å². The van der Waals surface area contributed by atoms with Crippen molar-refractivity contribution in [3.8, 4) is 0 Å². The van der Waals surface area contributed by atoms with Crippen molar-refractivity contribution < 1.29 is 22.8 Å². The first kappa shape index (κ1) is 19.5. The predicted molar refractivity (Wildman–Crippen MR) is 101 cm³/mol. The number of hydrogen-bond acceptors (Lipinski definition) is 5.